The molecule has 6 heteroatoms. The number of nitrogens with one attached hydrogen (secondary N) is 1. The van der Waals surface area contributed by atoms with Gasteiger partial charge in [0.15, 0.2) is 0 Å². The summed E-state index contributed by atoms with van der Waals surface area (Å²) in [5.74, 6) is -1.05. The molecular formula is C17H14ClF2NO2. The number of ether oxygens (including phenoxy) is 1. The lowest BCUT2D eigenvalue weighted by Crippen LogP contribution is -2.33. The number of rotatable bonds is 5. The van der Waals surface area contributed by atoms with E-state index in [1.165, 1.54) is 36.4 Å². The highest BCUT2D eigenvalue weighted by Crippen LogP contribution is 2.31. The van der Waals surface area contributed by atoms with E-state index in [0.29, 0.717) is 5.56 Å². The van der Waals surface area contributed by atoms with E-state index in [0.717, 1.165) is 18.9 Å². The Morgan fingerprint density at radius 2 is 1.78 bits per heavy atom. The monoisotopic (exact) mass is 337 g/mol. The molecule has 1 N–H and O–H groups in total. The van der Waals surface area contributed by atoms with E-state index < -0.39 is 17.7 Å². The summed E-state index contributed by atoms with van der Waals surface area (Å²) in [5, 5.41) is 2.91. The molecule has 0 heterocycles. The Hall–Kier alpha value is -2.14. The third-order valence-corrected chi connectivity index (χ3v) is 3.77. The van der Waals surface area contributed by atoms with Crippen LogP contribution in [0.5, 0.6) is 5.75 Å². The van der Waals surface area contributed by atoms with Gasteiger partial charge in [-0.15, -0.1) is 0 Å². The SMILES string of the molecule is O=C(NC1CC1)[C@@H](Oc1ccc(F)cc1Cl)c1ccc(F)cc1. The zero-order valence-electron chi connectivity index (χ0n) is 12.1. The number of hydrogen-bond donors (Lipinski definition) is 1. The van der Waals surface area contributed by atoms with Crippen LogP contribution in [0.1, 0.15) is 24.5 Å². The fourth-order valence-electron chi connectivity index (χ4n) is 2.11. The van der Waals surface area contributed by atoms with Crippen molar-refractivity contribution < 1.29 is 18.3 Å². The van der Waals surface area contributed by atoms with Gasteiger partial charge in [0, 0.05) is 11.6 Å². The molecule has 1 saturated carbocycles. The Morgan fingerprint density at radius 1 is 1.13 bits per heavy atom. The molecular weight excluding hydrogens is 324 g/mol. The second-order valence-electron chi connectivity index (χ2n) is 5.41. The average Bonchev–Trinajstić information content (AvgIpc) is 3.31. The van der Waals surface area contributed by atoms with Crippen molar-refractivity contribution in [2.24, 2.45) is 0 Å². The quantitative estimate of drug-likeness (QED) is 0.895. The van der Waals surface area contributed by atoms with Crippen LogP contribution < -0.4 is 10.1 Å². The van der Waals surface area contributed by atoms with E-state index in [4.69, 9.17) is 16.3 Å². The van der Waals surface area contributed by atoms with Crippen molar-refractivity contribution in [2.45, 2.75) is 25.0 Å². The van der Waals surface area contributed by atoms with Crippen LogP contribution in [0, 0.1) is 11.6 Å². The average molecular weight is 338 g/mol. The second-order valence-corrected chi connectivity index (χ2v) is 5.81. The van der Waals surface area contributed by atoms with Crippen molar-refractivity contribution in [2.75, 3.05) is 0 Å². The first kappa shape index (κ1) is 15.7. The van der Waals surface area contributed by atoms with Crippen molar-refractivity contribution >= 4 is 17.5 Å². The van der Waals surface area contributed by atoms with Gasteiger partial charge < -0.3 is 10.1 Å². The van der Waals surface area contributed by atoms with Gasteiger partial charge in [0.2, 0.25) is 6.10 Å². The number of benzene rings is 2. The second kappa shape index (κ2) is 6.54. The molecule has 1 aliphatic rings. The van der Waals surface area contributed by atoms with Crippen LogP contribution in [0.25, 0.3) is 0 Å². The molecule has 0 bridgehead atoms. The lowest BCUT2D eigenvalue weighted by molar-refractivity contribution is -0.128. The van der Waals surface area contributed by atoms with Gasteiger partial charge in [-0.05, 0) is 43.2 Å². The Morgan fingerprint density at radius 3 is 2.39 bits per heavy atom. The van der Waals surface area contributed by atoms with Crippen LogP contribution in [-0.4, -0.2) is 11.9 Å². The minimum absolute atomic E-state index is 0.0660. The summed E-state index contributed by atoms with van der Waals surface area (Å²) in [7, 11) is 0. The van der Waals surface area contributed by atoms with Crippen LogP contribution in [0.4, 0.5) is 8.78 Å². The number of halogens is 3. The maximum atomic E-state index is 13.1. The van der Waals surface area contributed by atoms with Crippen LogP contribution in [0.3, 0.4) is 0 Å². The number of hydrogen-bond acceptors (Lipinski definition) is 2. The molecule has 1 amide bonds. The van der Waals surface area contributed by atoms with Crippen LogP contribution in [0.2, 0.25) is 5.02 Å². The Labute approximate surface area is 137 Å². The zero-order chi connectivity index (χ0) is 16.4. The van der Waals surface area contributed by atoms with Gasteiger partial charge in [0.1, 0.15) is 17.4 Å². The van der Waals surface area contributed by atoms with Crippen molar-refractivity contribution in [3.05, 3.63) is 64.7 Å². The molecule has 3 nitrogen and oxygen atoms in total. The molecule has 0 spiro atoms. The summed E-state index contributed by atoms with van der Waals surface area (Å²) >= 11 is 5.95. The predicted octanol–water partition coefficient (Wildman–Crippen LogP) is 4.02. The molecule has 1 atom stereocenters. The van der Waals surface area contributed by atoms with Crippen LogP contribution in [-0.2, 0) is 4.79 Å². The smallest absolute Gasteiger partial charge is 0.266 e. The Balaban J connectivity index is 1.87. The lowest BCUT2D eigenvalue weighted by Gasteiger charge is -2.20. The van der Waals surface area contributed by atoms with E-state index >= 15 is 0 Å². The molecule has 2 aromatic carbocycles. The van der Waals surface area contributed by atoms with Crippen LogP contribution >= 0.6 is 11.6 Å². The maximum absolute atomic E-state index is 13.1. The van der Waals surface area contributed by atoms with Crippen molar-refractivity contribution in [3.63, 3.8) is 0 Å². The molecule has 2 aromatic rings. The number of carbonyl (C=O) groups is 1. The molecule has 23 heavy (non-hydrogen) atoms. The number of carbonyl (C=O) groups excluding carboxylic acids is 1. The van der Waals surface area contributed by atoms with Gasteiger partial charge in [0.05, 0.1) is 5.02 Å². The fourth-order valence-corrected chi connectivity index (χ4v) is 2.32. The van der Waals surface area contributed by atoms with Gasteiger partial charge in [-0.3, -0.25) is 4.79 Å². The number of amides is 1. The summed E-state index contributed by atoms with van der Waals surface area (Å²) in [6, 6.07) is 9.27. The normalized spacial score (nSPS) is 15.1. The zero-order valence-corrected chi connectivity index (χ0v) is 12.8. The fraction of sp³-hybridized carbons (Fsp3) is 0.235. The highest BCUT2D eigenvalue weighted by molar-refractivity contribution is 6.32. The Bertz CT molecular complexity index is 717. The molecule has 0 radical (unpaired) electrons. The Kier molecular flexibility index (Phi) is 4.48. The minimum atomic E-state index is -0.987. The predicted molar refractivity (Wildman–Crippen MR) is 82.3 cm³/mol. The largest absolute Gasteiger partial charge is 0.474 e. The first-order chi connectivity index (χ1) is 11.0. The molecule has 120 valence electrons. The van der Waals surface area contributed by atoms with Gasteiger partial charge in [-0.2, -0.15) is 0 Å². The van der Waals surface area contributed by atoms with Gasteiger partial charge in [0.25, 0.3) is 5.91 Å². The van der Waals surface area contributed by atoms with E-state index in [2.05, 4.69) is 5.32 Å². The molecule has 1 fully saturated rings. The lowest BCUT2D eigenvalue weighted by atomic mass is 10.1. The van der Waals surface area contributed by atoms with Gasteiger partial charge >= 0.3 is 0 Å². The van der Waals surface area contributed by atoms with E-state index in [9.17, 15) is 13.6 Å². The maximum Gasteiger partial charge on any atom is 0.266 e. The highest BCUT2D eigenvalue weighted by Gasteiger charge is 2.30. The molecule has 0 unspecified atom stereocenters. The van der Waals surface area contributed by atoms with Crippen molar-refractivity contribution in [1.29, 1.82) is 0 Å². The third kappa shape index (κ3) is 3.99. The first-order valence-corrected chi connectivity index (χ1v) is 7.58. The summed E-state index contributed by atoms with van der Waals surface area (Å²) in [6.45, 7) is 0. The van der Waals surface area contributed by atoms with Gasteiger partial charge in [-0.25, -0.2) is 8.78 Å². The standard InChI is InChI=1S/C17H14ClF2NO2/c18-14-9-12(20)5-8-15(14)23-16(17(22)21-13-6-7-13)10-1-3-11(19)4-2-10/h1-5,8-9,13,16H,6-7H2,(H,21,22)/t16-/m0/s1. The molecule has 3 rings (SSSR count). The molecule has 0 aliphatic heterocycles. The van der Waals surface area contributed by atoms with Gasteiger partial charge in [-0.1, -0.05) is 23.7 Å². The highest BCUT2D eigenvalue weighted by atomic mass is 35.5. The summed E-state index contributed by atoms with van der Waals surface area (Å²) in [5.41, 5.74) is 0.491. The van der Waals surface area contributed by atoms with E-state index in [1.54, 1.807) is 0 Å². The first-order valence-electron chi connectivity index (χ1n) is 7.20. The van der Waals surface area contributed by atoms with Crippen LogP contribution in [0.15, 0.2) is 42.5 Å². The minimum Gasteiger partial charge on any atom is -0.474 e. The summed E-state index contributed by atoms with van der Waals surface area (Å²) in [4.78, 5) is 12.4. The van der Waals surface area contributed by atoms with E-state index in [1.807, 2.05) is 0 Å². The summed E-state index contributed by atoms with van der Waals surface area (Å²) < 4.78 is 31.9. The molecule has 0 saturated heterocycles. The summed E-state index contributed by atoms with van der Waals surface area (Å²) in [6.07, 6.45) is 0.873. The molecule has 1 aliphatic carbocycles. The third-order valence-electron chi connectivity index (χ3n) is 3.47. The molecule has 0 aromatic heterocycles. The van der Waals surface area contributed by atoms with Crippen molar-refractivity contribution in [1.82, 2.24) is 5.32 Å². The van der Waals surface area contributed by atoms with E-state index in [-0.39, 0.29) is 22.7 Å². The van der Waals surface area contributed by atoms with Crippen molar-refractivity contribution in [3.8, 4) is 5.75 Å². The topological polar surface area (TPSA) is 38.3 Å².